The van der Waals surface area contributed by atoms with Gasteiger partial charge in [0, 0.05) is 35.7 Å². The fraction of sp³-hybridized carbons (Fsp3) is 0.607. The molecule has 216 valence electrons. The first-order valence-corrected chi connectivity index (χ1v) is 13.7. The van der Waals surface area contributed by atoms with Crippen LogP contribution in [0.2, 0.25) is 0 Å². The summed E-state index contributed by atoms with van der Waals surface area (Å²) in [5, 5.41) is 36.2. The number of fused-ring (bicyclic) bond motifs is 1. The van der Waals surface area contributed by atoms with E-state index in [-0.39, 0.29) is 18.6 Å². The minimum atomic E-state index is -1.04. The number of nitrogens with zero attached hydrogens (tertiary/aromatic N) is 1. The first-order chi connectivity index (χ1) is 18.6. The fourth-order valence-electron chi connectivity index (χ4n) is 4.91. The summed E-state index contributed by atoms with van der Waals surface area (Å²) >= 11 is 0. The molecule has 0 bridgehead atoms. The minimum Gasteiger partial charge on any atom is -0.490 e. The van der Waals surface area contributed by atoms with E-state index in [0.29, 0.717) is 50.9 Å². The highest BCUT2D eigenvalue weighted by molar-refractivity contribution is 5.88. The molecule has 1 fully saturated rings. The van der Waals surface area contributed by atoms with Crippen molar-refractivity contribution in [2.75, 3.05) is 19.7 Å². The van der Waals surface area contributed by atoms with Crippen LogP contribution in [-0.4, -0.2) is 93.0 Å². The van der Waals surface area contributed by atoms with E-state index in [4.69, 9.17) is 4.74 Å². The lowest BCUT2D eigenvalue weighted by Crippen LogP contribution is -2.53. The number of aliphatic carboxylic acids is 2. The molecule has 4 atom stereocenters. The monoisotopic (exact) mass is 546 g/mol. The molecule has 3 rings (SSSR count). The summed E-state index contributed by atoms with van der Waals surface area (Å²) in [5.41, 5.74) is 1.93. The van der Waals surface area contributed by atoms with Gasteiger partial charge < -0.3 is 35.3 Å². The fourth-order valence-corrected chi connectivity index (χ4v) is 4.91. The highest BCUT2D eigenvalue weighted by atomic mass is 16.5. The van der Waals surface area contributed by atoms with Gasteiger partial charge in [0.05, 0.1) is 6.04 Å². The average molecular weight is 547 g/mol. The van der Waals surface area contributed by atoms with Gasteiger partial charge in [-0.2, -0.15) is 0 Å². The number of aromatic nitrogens is 1. The second-order valence-corrected chi connectivity index (χ2v) is 10.6. The van der Waals surface area contributed by atoms with Gasteiger partial charge in [0.15, 0.2) is 0 Å². The van der Waals surface area contributed by atoms with Crippen LogP contribution < -0.4 is 15.4 Å². The predicted octanol–water partition coefficient (Wildman–Crippen LogP) is 2.13. The molecule has 2 unspecified atom stereocenters. The largest absolute Gasteiger partial charge is 0.490 e. The lowest BCUT2D eigenvalue weighted by Gasteiger charge is -2.27. The number of aromatic amines is 1. The van der Waals surface area contributed by atoms with E-state index >= 15 is 0 Å². The molecule has 0 radical (unpaired) electrons. The Morgan fingerprint density at radius 3 is 2.64 bits per heavy atom. The maximum Gasteiger partial charge on any atom is 0.326 e. The number of ether oxygens (including phenoxy) is 1. The van der Waals surface area contributed by atoms with E-state index in [1.807, 2.05) is 38.1 Å². The summed E-state index contributed by atoms with van der Waals surface area (Å²) < 4.78 is 5.88. The van der Waals surface area contributed by atoms with Crippen LogP contribution in [0.25, 0.3) is 10.9 Å². The number of carboxylic acid groups (broad SMARTS) is 2. The van der Waals surface area contributed by atoms with Crippen LogP contribution in [0.3, 0.4) is 0 Å². The summed E-state index contributed by atoms with van der Waals surface area (Å²) in [7, 11) is 0. The summed E-state index contributed by atoms with van der Waals surface area (Å²) in [5.74, 6) is -1.76. The molecule has 6 N–H and O–H groups in total. The number of hydrogen-bond donors (Lipinski definition) is 6. The molecule has 1 aromatic heterocycles. The molecule has 11 heteroatoms. The van der Waals surface area contributed by atoms with Gasteiger partial charge in [-0.1, -0.05) is 26.3 Å². The number of carbonyl (C=O) groups excluding carboxylic acids is 1. The maximum absolute atomic E-state index is 12.8. The predicted molar refractivity (Wildman–Crippen MR) is 147 cm³/mol. The highest BCUT2D eigenvalue weighted by Gasteiger charge is 2.36. The van der Waals surface area contributed by atoms with Gasteiger partial charge in [0.2, 0.25) is 5.91 Å². The van der Waals surface area contributed by atoms with Crippen molar-refractivity contribution in [1.29, 1.82) is 0 Å². The van der Waals surface area contributed by atoms with E-state index in [2.05, 4.69) is 15.6 Å². The molecule has 1 aliphatic rings. The van der Waals surface area contributed by atoms with Crippen molar-refractivity contribution >= 4 is 28.7 Å². The highest BCUT2D eigenvalue weighted by Crippen LogP contribution is 2.27. The number of aliphatic hydroxyl groups is 1. The standard InChI is InChI=1S/C28H42N4O7/c1-17(2)29-15-20(33)16-39-25-12-6-10-22-21(25)14-19(31-22)8-4-5-9-23(27(35)36)30-18(3)26(34)32-13-7-11-24(32)28(37)38/h6,10,12,14,17-18,20,23-24,29-31,33H,4-5,7-9,11,13,15-16H2,1-3H3,(H,35,36)(H,37,38)/t18-,20?,23?,24-/m0/s1. The van der Waals surface area contributed by atoms with Crippen molar-refractivity contribution in [3.63, 3.8) is 0 Å². The Morgan fingerprint density at radius 2 is 1.95 bits per heavy atom. The normalized spacial score (nSPS) is 17.9. The molecular weight excluding hydrogens is 504 g/mol. The zero-order valence-corrected chi connectivity index (χ0v) is 23.0. The number of carboxylic acids is 2. The van der Waals surface area contributed by atoms with Gasteiger partial charge in [-0.15, -0.1) is 0 Å². The molecule has 2 heterocycles. The Labute approximate surface area is 228 Å². The van der Waals surface area contributed by atoms with Gasteiger partial charge in [0.1, 0.15) is 30.5 Å². The lowest BCUT2D eigenvalue weighted by molar-refractivity contribution is -0.149. The zero-order valence-electron chi connectivity index (χ0n) is 23.0. The van der Waals surface area contributed by atoms with E-state index < -0.39 is 36.2 Å². The van der Waals surface area contributed by atoms with Crippen molar-refractivity contribution in [2.24, 2.45) is 0 Å². The van der Waals surface area contributed by atoms with Crippen LogP contribution in [0.1, 0.15) is 58.6 Å². The molecule has 0 aliphatic carbocycles. The number of hydrogen-bond acceptors (Lipinski definition) is 7. The quantitative estimate of drug-likeness (QED) is 0.173. The summed E-state index contributed by atoms with van der Waals surface area (Å²) in [6, 6.07) is 5.47. The topological polar surface area (TPSA) is 164 Å². The van der Waals surface area contributed by atoms with Crippen LogP contribution in [0.5, 0.6) is 5.75 Å². The Morgan fingerprint density at radius 1 is 1.18 bits per heavy atom. The smallest absolute Gasteiger partial charge is 0.326 e. The summed E-state index contributed by atoms with van der Waals surface area (Å²) in [6.07, 6.45) is 2.83. The molecule has 2 aromatic rings. The molecule has 39 heavy (non-hydrogen) atoms. The molecule has 0 spiro atoms. The van der Waals surface area contributed by atoms with Crippen LogP contribution in [0.15, 0.2) is 24.3 Å². The van der Waals surface area contributed by atoms with E-state index in [9.17, 15) is 29.7 Å². The Balaban J connectivity index is 1.49. The van der Waals surface area contributed by atoms with Gasteiger partial charge in [-0.3, -0.25) is 14.9 Å². The second kappa shape index (κ2) is 14.3. The van der Waals surface area contributed by atoms with E-state index in [1.54, 1.807) is 6.92 Å². The molecule has 1 amide bonds. The Kier molecular flexibility index (Phi) is 11.1. The minimum absolute atomic E-state index is 0.179. The molecule has 11 nitrogen and oxygen atoms in total. The number of unbranched alkanes of at least 4 members (excludes halogenated alkanes) is 1. The van der Waals surface area contributed by atoms with Crippen LogP contribution in [0.4, 0.5) is 0 Å². The summed E-state index contributed by atoms with van der Waals surface area (Å²) in [4.78, 5) is 40.7. The third kappa shape index (κ3) is 8.67. The van der Waals surface area contributed by atoms with Crippen molar-refractivity contribution in [2.45, 2.75) is 89.6 Å². The van der Waals surface area contributed by atoms with Gasteiger partial charge >= 0.3 is 11.9 Å². The Hall–Kier alpha value is -3.15. The number of likely N-dealkylation sites (tertiary alicyclic amines) is 1. The van der Waals surface area contributed by atoms with Crippen molar-refractivity contribution in [3.8, 4) is 5.75 Å². The molecule has 1 saturated heterocycles. The van der Waals surface area contributed by atoms with Crippen LogP contribution in [0, 0.1) is 0 Å². The van der Waals surface area contributed by atoms with Gasteiger partial charge in [0.25, 0.3) is 0 Å². The number of benzene rings is 1. The third-order valence-corrected chi connectivity index (χ3v) is 7.00. The molecule has 0 saturated carbocycles. The van der Waals surface area contributed by atoms with Crippen LogP contribution in [-0.2, 0) is 20.8 Å². The molecule has 1 aliphatic heterocycles. The Bertz CT molecular complexity index is 1120. The zero-order chi connectivity index (χ0) is 28.5. The molecule has 1 aromatic carbocycles. The SMILES string of the molecule is CC(C)NCC(O)COc1cccc2[nH]c(CCCCC(N[C@@H](C)C(=O)N3CCC[C@H]3C(=O)O)C(=O)O)cc12. The number of aryl methyl sites for hydroxylation is 1. The number of amides is 1. The third-order valence-electron chi connectivity index (χ3n) is 7.00. The van der Waals surface area contributed by atoms with Gasteiger partial charge in [-0.25, -0.2) is 4.79 Å². The van der Waals surface area contributed by atoms with Gasteiger partial charge in [-0.05, 0) is 57.2 Å². The van der Waals surface area contributed by atoms with E-state index in [0.717, 1.165) is 23.0 Å². The summed E-state index contributed by atoms with van der Waals surface area (Å²) in [6.45, 7) is 6.61. The maximum atomic E-state index is 12.8. The van der Waals surface area contributed by atoms with Crippen molar-refractivity contribution in [3.05, 3.63) is 30.0 Å². The molecular formula is C28H42N4O7. The average Bonchev–Trinajstić information content (AvgIpc) is 3.54. The number of carbonyl (C=O) groups is 3. The van der Waals surface area contributed by atoms with Crippen molar-refractivity contribution in [1.82, 2.24) is 20.5 Å². The van der Waals surface area contributed by atoms with Crippen molar-refractivity contribution < 1.29 is 34.4 Å². The number of H-pyrrole nitrogens is 1. The second-order valence-electron chi connectivity index (χ2n) is 10.6. The van der Waals surface area contributed by atoms with Crippen LogP contribution >= 0.6 is 0 Å². The number of nitrogens with one attached hydrogen (secondary N) is 3. The number of aliphatic hydroxyl groups excluding tert-OH is 1. The first-order valence-electron chi connectivity index (χ1n) is 13.7. The number of rotatable bonds is 16. The first kappa shape index (κ1) is 30.4. The van der Waals surface area contributed by atoms with E-state index in [1.165, 1.54) is 4.90 Å². The lowest BCUT2D eigenvalue weighted by atomic mass is 10.1.